The monoisotopic (exact) mass is 284 g/mol. The molecule has 1 aromatic rings. The average molecular weight is 284 g/mol. The molecule has 0 radical (unpaired) electrons. The Kier molecular flexibility index (Phi) is 5.52. The van der Waals surface area contributed by atoms with E-state index in [0.717, 1.165) is 12.0 Å². The summed E-state index contributed by atoms with van der Waals surface area (Å²) in [5.74, 6) is 0.603. The summed E-state index contributed by atoms with van der Waals surface area (Å²) in [6.07, 6.45) is 1.13. The fourth-order valence-electron chi connectivity index (χ4n) is 1.95. The maximum Gasteiger partial charge on any atom is 0.238 e. The predicted molar refractivity (Wildman–Crippen MR) is 78.3 cm³/mol. The van der Waals surface area contributed by atoms with Crippen LogP contribution in [0.1, 0.15) is 45.7 Å². The average Bonchev–Trinajstić information content (AvgIpc) is 2.36. The van der Waals surface area contributed by atoms with Gasteiger partial charge in [0.2, 0.25) is 10.0 Å². The Morgan fingerprint density at radius 2 is 1.68 bits per heavy atom. The first-order valence-corrected chi connectivity index (χ1v) is 8.19. The zero-order valence-corrected chi connectivity index (χ0v) is 12.9. The number of benzene rings is 1. The van der Waals surface area contributed by atoms with Crippen LogP contribution in [0.4, 0.5) is 0 Å². The van der Waals surface area contributed by atoms with Crippen molar-refractivity contribution in [3.8, 4) is 0 Å². The van der Waals surface area contributed by atoms with Crippen LogP contribution >= 0.6 is 0 Å². The Balaban J connectivity index is 2.76. The van der Waals surface area contributed by atoms with Crippen LogP contribution in [0.5, 0.6) is 0 Å². The number of primary sulfonamides is 1. The smallest absolute Gasteiger partial charge is 0.238 e. The fraction of sp³-hybridized carbons (Fsp3) is 0.571. The minimum atomic E-state index is -3.61. The van der Waals surface area contributed by atoms with Crippen molar-refractivity contribution >= 4 is 10.0 Å². The third-order valence-electron chi connectivity index (χ3n) is 3.72. The Morgan fingerprint density at radius 3 is 2.11 bits per heavy atom. The summed E-state index contributed by atoms with van der Waals surface area (Å²) in [6, 6.07) is 7.31. The molecular weight excluding hydrogens is 260 g/mol. The van der Waals surface area contributed by atoms with Gasteiger partial charge >= 0.3 is 0 Å². The first-order valence-electron chi connectivity index (χ1n) is 6.64. The maximum absolute atomic E-state index is 11.2. The second-order valence-corrected chi connectivity index (χ2v) is 6.74. The molecule has 0 aliphatic rings. The van der Waals surface area contributed by atoms with Crippen LogP contribution < -0.4 is 10.5 Å². The minimum Gasteiger partial charge on any atom is -0.307 e. The number of rotatable bonds is 6. The van der Waals surface area contributed by atoms with E-state index in [1.165, 1.54) is 0 Å². The summed E-state index contributed by atoms with van der Waals surface area (Å²) < 4.78 is 22.4. The summed E-state index contributed by atoms with van der Waals surface area (Å²) in [5, 5.41) is 8.60. The third-order valence-corrected chi connectivity index (χ3v) is 4.65. The van der Waals surface area contributed by atoms with Gasteiger partial charge in [-0.3, -0.25) is 0 Å². The largest absolute Gasteiger partial charge is 0.307 e. The molecule has 0 saturated carbocycles. The molecule has 108 valence electrons. The molecule has 0 heterocycles. The van der Waals surface area contributed by atoms with Crippen LogP contribution in [0.15, 0.2) is 29.2 Å². The number of hydrogen-bond acceptors (Lipinski definition) is 3. The SMILES string of the molecule is CCC(C)C(C)NC(C)c1ccc(S(N)(=O)=O)cc1. The molecule has 4 nitrogen and oxygen atoms in total. The van der Waals surface area contributed by atoms with E-state index >= 15 is 0 Å². The van der Waals surface area contributed by atoms with E-state index in [2.05, 4.69) is 33.0 Å². The van der Waals surface area contributed by atoms with Gasteiger partial charge in [0.15, 0.2) is 0 Å². The first kappa shape index (κ1) is 16.1. The van der Waals surface area contributed by atoms with Gasteiger partial charge in [-0.15, -0.1) is 0 Å². The quantitative estimate of drug-likeness (QED) is 0.842. The molecule has 0 saturated heterocycles. The Hall–Kier alpha value is -0.910. The van der Waals surface area contributed by atoms with Crippen molar-refractivity contribution < 1.29 is 8.42 Å². The lowest BCUT2D eigenvalue weighted by molar-refractivity contribution is 0.360. The molecule has 0 amide bonds. The number of hydrogen-bond donors (Lipinski definition) is 2. The van der Waals surface area contributed by atoms with Crippen LogP contribution in [-0.4, -0.2) is 14.5 Å². The molecule has 0 aliphatic heterocycles. The van der Waals surface area contributed by atoms with Gasteiger partial charge < -0.3 is 5.32 Å². The summed E-state index contributed by atoms with van der Waals surface area (Å²) in [4.78, 5) is 0.151. The molecule has 1 rings (SSSR count). The van der Waals surface area contributed by atoms with Crippen LogP contribution in [0.3, 0.4) is 0 Å². The standard InChI is InChI=1S/C14H24N2O2S/c1-5-10(2)11(3)16-12(4)13-6-8-14(9-7-13)19(15,17)18/h6-12,16H,5H2,1-4H3,(H2,15,17,18). The number of nitrogens with one attached hydrogen (secondary N) is 1. The first-order chi connectivity index (χ1) is 8.75. The van der Waals surface area contributed by atoms with Crippen LogP contribution in [0, 0.1) is 5.92 Å². The van der Waals surface area contributed by atoms with E-state index < -0.39 is 10.0 Å². The summed E-state index contributed by atoms with van der Waals surface area (Å²) >= 11 is 0. The Bertz CT molecular complexity index is 497. The summed E-state index contributed by atoms with van der Waals surface area (Å²) in [6.45, 7) is 8.64. The van der Waals surface area contributed by atoms with Crippen molar-refractivity contribution in [3.63, 3.8) is 0 Å². The molecule has 3 unspecified atom stereocenters. The lowest BCUT2D eigenvalue weighted by Crippen LogP contribution is -2.33. The molecule has 3 atom stereocenters. The van der Waals surface area contributed by atoms with E-state index in [4.69, 9.17) is 5.14 Å². The van der Waals surface area contributed by atoms with Gasteiger partial charge in [0.1, 0.15) is 0 Å². The minimum absolute atomic E-state index is 0.151. The van der Waals surface area contributed by atoms with Crippen molar-refractivity contribution in [3.05, 3.63) is 29.8 Å². The molecule has 3 N–H and O–H groups in total. The molecule has 5 heteroatoms. The van der Waals surface area contributed by atoms with Crippen molar-refractivity contribution in [2.24, 2.45) is 11.1 Å². The highest BCUT2D eigenvalue weighted by Gasteiger charge is 2.15. The van der Waals surface area contributed by atoms with Crippen molar-refractivity contribution in [1.82, 2.24) is 5.32 Å². The molecule has 0 bridgehead atoms. The molecular formula is C14H24N2O2S. The highest BCUT2D eigenvalue weighted by atomic mass is 32.2. The topological polar surface area (TPSA) is 72.2 Å². The van der Waals surface area contributed by atoms with Gasteiger partial charge in [-0.1, -0.05) is 32.4 Å². The van der Waals surface area contributed by atoms with Crippen molar-refractivity contribution in [2.75, 3.05) is 0 Å². The van der Waals surface area contributed by atoms with Gasteiger partial charge in [-0.2, -0.15) is 0 Å². The van der Waals surface area contributed by atoms with E-state index in [-0.39, 0.29) is 10.9 Å². The summed E-state index contributed by atoms with van der Waals surface area (Å²) in [5.41, 5.74) is 1.06. The van der Waals surface area contributed by atoms with Crippen molar-refractivity contribution in [1.29, 1.82) is 0 Å². The number of nitrogens with two attached hydrogens (primary N) is 1. The molecule has 0 spiro atoms. The molecule has 19 heavy (non-hydrogen) atoms. The molecule has 0 aromatic heterocycles. The second kappa shape index (κ2) is 6.50. The Morgan fingerprint density at radius 1 is 1.16 bits per heavy atom. The molecule has 0 fully saturated rings. The van der Waals surface area contributed by atoms with E-state index in [1.807, 2.05) is 0 Å². The van der Waals surface area contributed by atoms with Crippen molar-refractivity contribution in [2.45, 2.75) is 51.1 Å². The second-order valence-electron chi connectivity index (χ2n) is 5.18. The van der Waals surface area contributed by atoms with E-state index in [1.54, 1.807) is 24.3 Å². The van der Waals surface area contributed by atoms with Crippen LogP contribution in [0.25, 0.3) is 0 Å². The predicted octanol–water partition coefficient (Wildman–Crippen LogP) is 2.42. The van der Waals surface area contributed by atoms with Gasteiger partial charge in [-0.25, -0.2) is 13.6 Å². The summed E-state index contributed by atoms with van der Waals surface area (Å²) in [7, 11) is -3.61. The zero-order valence-electron chi connectivity index (χ0n) is 12.1. The van der Waals surface area contributed by atoms with Gasteiger partial charge in [0.05, 0.1) is 4.90 Å². The highest BCUT2D eigenvalue weighted by molar-refractivity contribution is 7.89. The van der Waals surface area contributed by atoms with Crippen LogP contribution in [-0.2, 0) is 10.0 Å². The third kappa shape index (κ3) is 4.60. The van der Waals surface area contributed by atoms with Crippen LogP contribution in [0.2, 0.25) is 0 Å². The van der Waals surface area contributed by atoms with Gasteiger partial charge in [-0.05, 0) is 37.5 Å². The fourth-order valence-corrected chi connectivity index (χ4v) is 2.47. The Labute approximate surface area is 116 Å². The normalized spacial score (nSPS) is 16.9. The van der Waals surface area contributed by atoms with E-state index in [9.17, 15) is 8.42 Å². The lowest BCUT2D eigenvalue weighted by atomic mass is 9.99. The lowest BCUT2D eigenvalue weighted by Gasteiger charge is -2.24. The molecule has 0 aliphatic carbocycles. The van der Waals surface area contributed by atoms with E-state index in [0.29, 0.717) is 12.0 Å². The molecule has 1 aromatic carbocycles. The maximum atomic E-state index is 11.2. The van der Waals surface area contributed by atoms with Gasteiger partial charge in [0.25, 0.3) is 0 Å². The number of sulfonamides is 1. The van der Waals surface area contributed by atoms with Gasteiger partial charge in [0, 0.05) is 12.1 Å². The zero-order chi connectivity index (χ0) is 14.6. The highest BCUT2D eigenvalue weighted by Crippen LogP contribution is 2.18.